The number of ether oxygens (including phenoxy) is 1. The van der Waals surface area contributed by atoms with Gasteiger partial charge in [0.25, 0.3) is 0 Å². The second-order valence-electron chi connectivity index (χ2n) is 3.69. The third kappa shape index (κ3) is 2.51. The maximum atomic E-state index is 13.7. The molecule has 0 N–H and O–H groups in total. The summed E-state index contributed by atoms with van der Waals surface area (Å²) in [5.41, 5.74) is 1.43. The van der Waals surface area contributed by atoms with E-state index >= 15 is 0 Å². The fraction of sp³-hybridized carbons (Fsp3) is 0.0714. The Morgan fingerprint density at radius 3 is 2.28 bits per heavy atom. The summed E-state index contributed by atoms with van der Waals surface area (Å²) in [6.07, 6.45) is 0. The molecule has 2 aromatic rings. The van der Waals surface area contributed by atoms with Crippen molar-refractivity contribution in [2.24, 2.45) is 0 Å². The molecule has 0 heterocycles. The van der Waals surface area contributed by atoms with Gasteiger partial charge >= 0.3 is 5.97 Å². The number of methoxy groups -OCH3 is 1. The van der Waals surface area contributed by atoms with Crippen LogP contribution in [0.5, 0.6) is 0 Å². The van der Waals surface area contributed by atoms with Gasteiger partial charge in [-0.1, -0.05) is 29.8 Å². The molecule has 0 atom stereocenters. The minimum atomic E-state index is -0.685. The molecule has 0 saturated heterocycles. The Bertz CT molecular complexity index is 579. The zero-order chi connectivity index (χ0) is 13.1. The molecular weight excluding hydrogens is 255 g/mol. The Kier molecular flexibility index (Phi) is 3.63. The average molecular weight is 265 g/mol. The monoisotopic (exact) mass is 264 g/mol. The SMILES string of the molecule is COC(=O)c1ccc(-c2ccc(Cl)cc2)cc1F. The number of benzene rings is 2. The van der Waals surface area contributed by atoms with Gasteiger partial charge in [-0.3, -0.25) is 0 Å². The van der Waals surface area contributed by atoms with Crippen LogP contribution in [0, 0.1) is 5.82 Å². The molecule has 0 aliphatic carbocycles. The quantitative estimate of drug-likeness (QED) is 0.768. The number of rotatable bonds is 2. The van der Waals surface area contributed by atoms with Crippen molar-refractivity contribution >= 4 is 17.6 Å². The van der Waals surface area contributed by atoms with Crippen LogP contribution in [0.25, 0.3) is 11.1 Å². The molecule has 0 bridgehead atoms. The highest BCUT2D eigenvalue weighted by atomic mass is 35.5. The first-order valence-corrected chi connectivity index (χ1v) is 5.63. The summed E-state index contributed by atoms with van der Waals surface area (Å²) < 4.78 is 18.2. The molecule has 0 spiro atoms. The number of hydrogen-bond donors (Lipinski definition) is 0. The van der Waals surface area contributed by atoms with Crippen LogP contribution < -0.4 is 0 Å². The fourth-order valence-corrected chi connectivity index (χ4v) is 1.74. The Hall–Kier alpha value is -1.87. The normalized spacial score (nSPS) is 10.2. The Morgan fingerprint density at radius 1 is 1.11 bits per heavy atom. The lowest BCUT2D eigenvalue weighted by Crippen LogP contribution is -2.04. The summed E-state index contributed by atoms with van der Waals surface area (Å²) in [6.45, 7) is 0. The van der Waals surface area contributed by atoms with Gasteiger partial charge in [-0.25, -0.2) is 9.18 Å². The highest BCUT2D eigenvalue weighted by Gasteiger charge is 2.12. The molecule has 92 valence electrons. The van der Waals surface area contributed by atoms with Gasteiger partial charge in [0.2, 0.25) is 0 Å². The molecule has 2 nitrogen and oxygen atoms in total. The van der Waals surface area contributed by atoms with E-state index in [4.69, 9.17) is 11.6 Å². The lowest BCUT2D eigenvalue weighted by atomic mass is 10.0. The van der Waals surface area contributed by atoms with E-state index in [-0.39, 0.29) is 5.56 Å². The maximum Gasteiger partial charge on any atom is 0.340 e. The maximum absolute atomic E-state index is 13.7. The van der Waals surface area contributed by atoms with Crippen molar-refractivity contribution in [1.29, 1.82) is 0 Å². The van der Waals surface area contributed by atoms with Crippen molar-refractivity contribution < 1.29 is 13.9 Å². The molecule has 0 saturated carbocycles. The third-order valence-corrected chi connectivity index (χ3v) is 2.80. The summed E-state index contributed by atoms with van der Waals surface area (Å²) >= 11 is 5.78. The summed E-state index contributed by atoms with van der Waals surface area (Å²) in [5.74, 6) is -1.29. The van der Waals surface area contributed by atoms with E-state index in [2.05, 4.69) is 4.74 Å². The molecule has 0 fully saturated rings. The largest absolute Gasteiger partial charge is 0.465 e. The summed E-state index contributed by atoms with van der Waals surface area (Å²) in [4.78, 5) is 11.2. The lowest BCUT2D eigenvalue weighted by Gasteiger charge is -2.05. The number of hydrogen-bond acceptors (Lipinski definition) is 2. The van der Waals surface area contributed by atoms with Crippen molar-refractivity contribution in [1.82, 2.24) is 0 Å². The topological polar surface area (TPSA) is 26.3 Å². The standard InChI is InChI=1S/C14H10ClFO2/c1-18-14(17)12-7-4-10(8-13(12)16)9-2-5-11(15)6-3-9/h2-8H,1H3. The minimum absolute atomic E-state index is 0.0739. The number of esters is 1. The van der Waals surface area contributed by atoms with Gasteiger partial charge in [-0.2, -0.15) is 0 Å². The average Bonchev–Trinajstić information content (AvgIpc) is 2.38. The van der Waals surface area contributed by atoms with Crippen molar-refractivity contribution in [2.45, 2.75) is 0 Å². The van der Waals surface area contributed by atoms with E-state index in [0.717, 1.165) is 5.56 Å². The molecule has 0 radical (unpaired) electrons. The van der Waals surface area contributed by atoms with Crippen molar-refractivity contribution in [3.8, 4) is 11.1 Å². The molecule has 2 rings (SSSR count). The molecule has 4 heteroatoms. The van der Waals surface area contributed by atoms with Gasteiger partial charge in [0, 0.05) is 5.02 Å². The third-order valence-electron chi connectivity index (χ3n) is 2.55. The van der Waals surface area contributed by atoms with E-state index in [1.165, 1.54) is 19.2 Å². The van der Waals surface area contributed by atoms with Gasteiger partial charge < -0.3 is 4.74 Å². The van der Waals surface area contributed by atoms with Gasteiger partial charge in [-0.05, 0) is 35.4 Å². The van der Waals surface area contributed by atoms with E-state index in [0.29, 0.717) is 10.6 Å². The van der Waals surface area contributed by atoms with Crippen LogP contribution in [-0.2, 0) is 4.74 Å². The number of carbonyl (C=O) groups excluding carboxylic acids is 1. The van der Waals surface area contributed by atoms with Crippen LogP contribution in [-0.4, -0.2) is 13.1 Å². The van der Waals surface area contributed by atoms with Gasteiger partial charge in [-0.15, -0.1) is 0 Å². The molecule has 0 amide bonds. The number of halogens is 2. The first-order chi connectivity index (χ1) is 8.61. The van der Waals surface area contributed by atoms with E-state index < -0.39 is 11.8 Å². The van der Waals surface area contributed by atoms with Gasteiger partial charge in [0.05, 0.1) is 12.7 Å². The van der Waals surface area contributed by atoms with Gasteiger partial charge in [0.15, 0.2) is 0 Å². The highest BCUT2D eigenvalue weighted by molar-refractivity contribution is 6.30. The summed E-state index contributed by atoms with van der Waals surface area (Å²) in [6, 6.07) is 11.4. The first-order valence-electron chi connectivity index (χ1n) is 5.25. The van der Waals surface area contributed by atoms with E-state index in [9.17, 15) is 9.18 Å². The van der Waals surface area contributed by atoms with Crippen LogP contribution in [0.2, 0.25) is 5.02 Å². The summed E-state index contributed by atoms with van der Waals surface area (Å²) in [5, 5.41) is 0.616. The van der Waals surface area contributed by atoms with E-state index in [1.54, 1.807) is 30.3 Å². The Balaban J connectivity index is 2.40. The molecule has 0 unspecified atom stereocenters. The van der Waals surface area contributed by atoms with Crippen LogP contribution in [0.4, 0.5) is 4.39 Å². The smallest absolute Gasteiger partial charge is 0.340 e. The second kappa shape index (κ2) is 5.19. The minimum Gasteiger partial charge on any atom is -0.465 e. The second-order valence-corrected chi connectivity index (χ2v) is 4.13. The molecular formula is C14H10ClFO2. The fourth-order valence-electron chi connectivity index (χ4n) is 1.61. The molecule has 0 aromatic heterocycles. The van der Waals surface area contributed by atoms with Crippen molar-refractivity contribution in [2.75, 3.05) is 7.11 Å². The Morgan fingerprint density at radius 2 is 1.72 bits per heavy atom. The zero-order valence-corrected chi connectivity index (χ0v) is 10.4. The number of carbonyl (C=O) groups is 1. The van der Waals surface area contributed by atoms with E-state index in [1.807, 2.05) is 0 Å². The molecule has 0 aliphatic rings. The predicted molar refractivity (Wildman–Crippen MR) is 68.2 cm³/mol. The first kappa shape index (κ1) is 12.6. The zero-order valence-electron chi connectivity index (χ0n) is 9.61. The predicted octanol–water partition coefficient (Wildman–Crippen LogP) is 3.93. The summed E-state index contributed by atoms with van der Waals surface area (Å²) in [7, 11) is 1.22. The van der Waals surface area contributed by atoms with Gasteiger partial charge in [0.1, 0.15) is 5.82 Å². The highest BCUT2D eigenvalue weighted by Crippen LogP contribution is 2.23. The van der Waals surface area contributed by atoms with Crippen LogP contribution in [0.3, 0.4) is 0 Å². The van der Waals surface area contributed by atoms with Crippen LogP contribution in [0.15, 0.2) is 42.5 Å². The molecule has 18 heavy (non-hydrogen) atoms. The van der Waals surface area contributed by atoms with Crippen molar-refractivity contribution in [3.05, 3.63) is 58.9 Å². The van der Waals surface area contributed by atoms with Crippen molar-refractivity contribution in [3.63, 3.8) is 0 Å². The Labute approximate surface area is 109 Å². The molecule has 0 aliphatic heterocycles. The van der Waals surface area contributed by atoms with Crippen LogP contribution >= 0.6 is 11.6 Å². The lowest BCUT2D eigenvalue weighted by molar-refractivity contribution is 0.0595. The molecule has 2 aromatic carbocycles. The van der Waals surface area contributed by atoms with Crippen LogP contribution in [0.1, 0.15) is 10.4 Å².